The second-order valence-corrected chi connectivity index (χ2v) is 5.22. The summed E-state index contributed by atoms with van der Waals surface area (Å²) in [5.74, 6) is -0.294. The lowest BCUT2D eigenvalue weighted by molar-refractivity contribution is -0.750. The molecule has 1 aliphatic rings. The molecule has 0 fully saturated rings. The molecule has 0 aromatic heterocycles. The van der Waals surface area contributed by atoms with Gasteiger partial charge in [-0.05, 0) is 6.42 Å². The molecule has 1 atom stereocenters. The van der Waals surface area contributed by atoms with Crippen LogP contribution in [0.1, 0.15) is 12.8 Å². The lowest BCUT2D eigenvalue weighted by Crippen LogP contribution is -3.06. The normalized spacial score (nSPS) is 20.1. The van der Waals surface area contributed by atoms with E-state index in [4.69, 9.17) is 5.11 Å². The summed E-state index contributed by atoms with van der Waals surface area (Å²) in [7, 11) is -4.07. The zero-order chi connectivity index (χ0) is 12.0. The molecular formula is C9H17N2O4S+. The van der Waals surface area contributed by atoms with Gasteiger partial charge in [0.1, 0.15) is 6.54 Å². The summed E-state index contributed by atoms with van der Waals surface area (Å²) in [6.07, 6.45) is 6.77. The Morgan fingerprint density at radius 3 is 2.75 bits per heavy atom. The van der Waals surface area contributed by atoms with Crippen LogP contribution in [-0.2, 0) is 10.1 Å². The quantitative estimate of drug-likeness (QED) is 0.302. The average molecular weight is 249 g/mol. The minimum atomic E-state index is -4.07. The van der Waals surface area contributed by atoms with Gasteiger partial charge in [0.15, 0.2) is 12.7 Å². The Morgan fingerprint density at radius 1 is 1.38 bits per heavy atom. The summed E-state index contributed by atoms with van der Waals surface area (Å²) in [4.78, 5) is 1.05. The van der Waals surface area contributed by atoms with Gasteiger partial charge in [-0.2, -0.15) is 4.58 Å². The van der Waals surface area contributed by atoms with Crippen LogP contribution in [0.3, 0.4) is 0 Å². The van der Waals surface area contributed by atoms with Crippen molar-refractivity contribution in [2.45, 2.75) is 12.8 Å². The highest BCUT2D eigenvalue weighted by molar-refractivity contribution is 7.85. The summed E-state index contributed by atoms with van der Waals surface area (Å²) in [6, 6.07) is 0. The number of nitrogens with one attached hydrogen (secondary N) is 1. The maximum absolute atomic E-state index is 10.3. The van der Waals surface area contributed by atoms with Crippen molar-refractivity contribution in [3.63, 3.8) is 0 Å². The van der Waals surface area contributed by atoms with Gasteiger partial charge in [0.05, 0.1) is 16.7 Å². The zero-order valence-electron chi connectivity index (χ0n) is 9.00. The standard InChI is InChI=1S/C9H16N2O4S/c12-7-6-11-5-4-10(9-11)3-1-2-8-16(13,14)15/h4-5,9,12H,1-3,6-8H2/p+1. The highest BCUT2D eigenvalue weighted by Crippen LogP contribution is 1.95. The monoisotopic (exact) mass is 249 g/mol. The van der Waals surface area contributed by atoms with Crippen molar-refractivity contribution in [3.05, 3.63) is 12.4 Å². The van der Waals surface area contributed by atoms with Gasteiger partial charge in [-0.1, -0.05) is 0 Å². The summed E-state index contributed by atoms with van der Waals surface area (Å²) < 4.78 is 33.0. The van der Waals surface area contributed by atoms with Gasteiger partial charge in [-0.3, -0.25) is 0 Å². The third kappa shape index (κ3) is 5.36. The molecule has 0 aliphatic carbocycles. The molecule has 6 nitrogen and oxygen atoms in total. The van der Waals surface area contributed by atoms with Crippen molar-refractivity contribution >= 4 is 16.5 Å². The Hall–Kier alpha value is -0.760. The van der Waals surface area contributed by atoms with Crippen molar-refractivity contribution in [2.24, 2.45) is 0 Å². The third-order valence-corrected chi connectivity index (χ3v) is 3.06. The topological polar surface area (TPSA) is 84.9 Å². The molecule has 1 heterocycles. The number of hydrogen-bond acceptors (Lipinski definition) is 4. The van der Waals surface area contributed by atoms with Crippen LogP contribution in [0.4, 0.5) is 0 Å². The van der Waals surface area contributed by atoms with Crippen molar-refractivity contribution < 1.29 is 27.6 Å². The molecule has 0 aromatic carbocycles. The molecule has 92 valence electrons. The Morgan fingerprint density at radius 2 is 2.12 bits per heavy atom. The number of unbranched alkanes of at least 4 members (excludes halogenated alkanes) is 1. The van der Waals surface area contributed by atoms with E-state index in [0.29, 0.717) is 25.9 Å². The summed E-state index contributed by atoms with van der Waals surface area (Å²) >= 11 is 0. The molecular weight excluding hydrogens is 232 g/mol. The average Bonchev–Trinajstić information content (AvgIpc) is 2.60. The Kier molecular flexibility index (Phi) is 5.07. The second-order valence-electron chi connectivity index (χ2n) is 3.70. The van der Waals surface area contributed by atoms with E-state index >= 15 is 0 Å². The van der Waals surface area contributed by atoms with Crippen molar-refractivity contribution in [1.82, 2.24) is 0 Å². The molecule has 0 spiro atoms. The number of nitrogens with zero attached hydrogens (tertiary/aromatic N) is 1. The van der Waals surface area contributed by atoms with Crippen LogP contribution in [0.25, 0.3) is 0 Å². The molecule has 0 radical (unpaired) electrons. The van der Waals surface area contributed by atoms with Crippen LogP contribution in [0.15, 0.2) is 12.4 Å². The molecule has 0 bridgehead atoms. The van der Waals surface area contributed by atoms with Gasteiger partial charge in [-0.25, -0.2) is 13.3 Å². The maximum Gasteiger partial charge on any atom is 0.335 e. The van der Waals surface area contributed by atoms with E-state index < -0.39 is 10.1 Å². The maximum atomic E-state index is 10.3. The Balaban J connectivity index is 2.20. The van der Waals surface area contributed by atoms with Gasteiger partial charge >= 0.3 is 6.34 Å². The number of quaternary nitrogens is 1. The van der Waals surface area contributed by atoms with Crippen LogP contribution in [-0.4, -0.2) is 54.4 Å². The van der Waals surface area contributed by atoms with E-state index in [2.05, 4.69) is 0 Å². The Labute approximate surface area is 95.3 Å². The van der Waals surface area contributed by atoms with Crippen LogP contribution in [0.5, 0.6) is 0 Å². The van der Waals surface area contributed by atoms with Gasteiger partial charge in [0.25, 0.3) is 0 Å². The minimum Gasteiger partial charge on any atom is -0.748 e. The minimum absolute atomic E-state index is 0.123. The number of hydrogen-bond donors (Lipinski definition) is 2. The van der Waals surface area contributed by atoms with Gasteiger partial charge in [0.2, 0.25) is 6.20 Å². The summed E-state index contributed by atoms with van der Waals surface area (Å²) in [5.41, 5.74) is 0. The van der Waals surface area contributed by atoms with E-state index in [1.807, 2.05) is 23.3 Å². The fraction of sp³-hybridized carbons (Fsp3) is 0.667. The molecule has 0 aromatic rings. The highest BCUT2D eigenvalue weighted by atomic mass is 32.2. The number of aliphatic hydroxyl groups is 1. The SMILES string of the molecule is O=S(=O)([O-])CCCC[N+]1=C[NH+](CCO)C=C1. The molecule has 1 aliphatic heterocycles. The first-order valence-corrected chi connectivity index (χ1v) is 6.78. The van der Waals surface area contributed by atoms with Gasteiger partial charge in [0, 0.05) is 12.2 Å². The first-order valence-electron chi connectivity index (χ1n) is 5.20. The second kappa shape index (κ2) is 6.09. The van der Waals surface area contributed by atoms with E-state index in [0.717, 1.165) is 4.90 Å². The van der Waals surface area contributed by atoms with Crippen LogP contribution >= 0.6 is 0 Å². The molecule has 7 heteroatoms. The van der Waals surface area contributed by atoms with E-state index in [9.17, 15) is 13.0 Å². The van der Waals surface area contributed by atoms with E-state index in [1.54, 1.807) is 0 Å². The third-order valence-electron chi connectivity index (χ3n) is 2.27. The summed E-state index contributed by atoms with van der Waals surface area (Å²) in [6.45, 7) is 1.45. The number of aliphatic hydroxyl groups excluding tert-OH is 1. The molecule has 0 saturated carbocycles. The lowest BCUT2D eigenvalue weighted by Gasteiger charge is -2.04. The molecule has 16 heavy (non-hydrogen) atoms. The fourth-order valence-corrected chi connectivity index (χ4v) is 2.04. The number of rotatable bonds is 7. The van der Waals surface area contributed by atoms with Crippen LogP contribution in [0, 0.1) is 0 Å². The molecule has 0 amide bonds. The zero-order valence-corrected chi connectivity index (χ0v) is 9.82. The van der Waals surface area contributed by atoms with Crippen molar-refractivity contribution in [1.29, 1.82) is 0 Å². The van der Waals surface area contributed by atoms with Gasteiger partial charge < -0.3 is 9.66 Å². The first kappa shape index (κ1) is 13.3. The molecule has 1 unspecified atom stereocenters. The molecule has 2 N–H and O–H groups in total. The van der Waals surface area contributed by atoms with E-state index in [1.165, 1.54) is 0 Å². The largest absolute Gasteiger partial charge is 0.748 e. The highest BCUT2D eigenvalue weighted by Gasteiger charge is 2.16. The van der Waals surface area contributed by atoms with Crippen LogP contribution < -0.4 is 4.90 Å². The predicted molar refractivity (Wildman–Crippen MR) is 57.0 cm³/mol. The fourth-order valence-electron chi connectivity index (χ4n) is 1.48. The smallest absolute Gasteiger partial charge is 0.335 e. The van der Waals surface area contributed by atoms with E-state index in [-0.39, 0.29) is 12.4 Å². The lowest BCUT2D eigenvalue weighted by atomic mass is 10.3. The van der Waals surface area contributed by atoms with Crippen molar-refractivity contribution in [2.75, 3.05) is 25.4 Å². The van der Waals surface area contributed by atoms with Gasteiger partial charge in [-0.15, -0.1) is 0 Å². The van der Waals surface area contributed by atoms with Crippen LogP contribution in [0.2, 0.25) is 0 Å². The molecule has 1 rings (SSSR count). The predicted octanol–water partition coefficient (Wildman–Crippen LogP) is -2.29. The summed E-state index contributed by atoms with van der Waals surface area (Å²) in [5, 5.41) is 8.72. The Bertz CT molecular complexity index is 375. The first-order chi connectivity index (χ1) is 7.51. The molecule has 0 saturated heterocycles. The van der Waals surface area contributed by atoms with Crippen molar-refractivity contribution in [3.8, 4) is 0 Å².